The van der Waals surface area contributed by atoms with Crippen molar-refractivity contribution in [3.63, 3.8) is 0 Å². The van der Waals surface area contributed by atoms with Gasteiger partial charge in [-0.3, -0.25) is 9.69 Å². The Hall–Kier alpha value is -2.31. The molecule has 0 amide bonds. The predicted molar refractivity (Wildman–Crippen MR) is 104 cm³/mol. The summed E-state index contributed by atoms with van der Waals surface area (Å²) in [5.41, 5.74) is 4.28. The molecule has 2 aromatic heterocycles. The molecule has 0 saturated heterocycles. The molecule has 1 aliphatic rings. The number of fused-ring (bicyclic) bond motifs is 1. The molecule has 0 unspecified atom stereocenters. The number of hydrogen-bond donors (Lipinski definition) is 0. The highest BCUT2D eigenvalue weighted by atomic mass is 32.1. The lowest BCUT2D eigenvalue weighted by Gasteiger charge is -2.26. The quantitative estimate of drug-likeness (QED) is 0.701. The van der Waals surface area contributed by atoms with Crippen LogP contribution in [0.5, 0.6) is 0 Å². The van der Waals surface area contributed by atoms with Crippen molar-refractivity contribution in [1.29, 1.82) is 0 Å². The second-order valence-corrected chi connectivity index (χ2v) is 7.75. The van der Waals surface area contributed by atoms with Crippen molar-refractivity contribution in [2.45, 2.75) is 26.9 Å². The molecule has 0 radical (unpaired) electrons. The molecule has 3 aromatic rings. The van der Waals surface area contributed by atoms with E-state index in [9.17, 15) is 9.18 Å². The predicted octanol–water partition coefficient (Wildman–Crippen LogP) is 3.96. The molecule has 1 aromatic carbocycles. The van der Waals surface area contributed by atoms with E-state index < -0.39 is 0 Å². The molecule has 1 aliphatic heterocycles. The van der Waals surface area contributed by atoms with Gasteiger partial charge in [-0.25, -0.2) is 13.3 Å². The lowest BCUT2D eigenvalue weighted by atomic mass is 10.00. The molecule has 4 nitrogen and oxygen atoms in total. The first-order valence-electron chi connectivity index (χ1n) is 8.66. The highest BCUT2D eigenvalue weighted by Crippen LogP contribution is 2.24. The van der Waals surface area contributed by atoms with E-state index in [0.29, 0.717) is 6.67 Å². The van der Waals surface area contributed by atoms with Gasteiger partial charge in [0.05, 0.1) is 12.1 Å². The van der Waals surface area contributed by atoms with Crippen LogP contribution in [0.4, 0.5) is 4.39 Å². The summed E-state index contributed by atoms with van der Waals surface area (Å²) in [6, 6.07) is 8.60. The van der Waals surface area contributed by atoms with E-state index in [1.807, 2.05) is 32.0 Å². The first-order chi connectivity index (χ1) is 12.5. The van der Waals surface area contributed by atoms with Crippen LogP contribution in [0, 0.1) is 19.7 Å². The third-order valence-corrected chi connectivity index (χ3v) is 5.76. The van der Waals surface area contributed by atoms with Crippen LogP contribution in [0.1, 0.15) is 23.2 Å². The lowest BCUT2D eigenvalue weighted by Crippen LogP contribution is -2.33. The largest absolute Gasteiger partial charge is 0.281 e. The van der Waals surface area contributed by atoms with Crippen molar-refractivity contribution in [2.24, 2.45) is 0 Å². The fourth-order valence-electron chi connectivity index (χ4n) is 3.44. The van der Waals surface area contributed by atoms with Crippen molar-refractivity contribution in [2.75, 3.05) is 13.1 Å². The fourth-order valence-corrected chi connectivity index (χ4v) is 4.57. The number of halogens is 1. The Labute approximate surface area is 155 Å². The normalized spacial score (nSPS) is 15.4. The zero-order valence-electron chi connectivity index (χ0n) is 14.8. The lowest BCUT2D eigenvalue weighted by molar-refractivity contribution is 0.248. The van der Waals surface area contributed by atoms with Crippen molar-refractivity contribution < 1.29 is 4.39 Å². The maximum Gasteiger partial charge on any atom is 0.271 e. The molecular formula is C20H20FN3OS. The van der Waals surface area contributed by atoms with Crippen LogP contribution < -0.4 is 5.56 Å². The Morgan fingerprint density at radius 1 is 1.23 bits per heavy atom. The van der Waals surface area contributed by atoms with Gasteiger partial charge >= 0.3 is 0 Å². The molecule has 0 spiro atoms. The number of aromatic nitrogens is 2. The molecule has 0 fully saturated rings. The van der Waals surface area contributed by atoms with Gasteiger partial charge in [0.15, 0.2) is 0 Å². The Kier molecular flexibility index (Phi) is 4.46. The Morgan fingerprint density at radius 2 is 2.00 bits per heavy atom. The molecule has 3 heterocycles. The minimum Gasteiger partial charge on any atom is -0.281 e. The van der Waals surface area contributed by atoms with Gasteiger partial charge in [-0.05, 0) is 66.7 Å². The number of rotatable bonds is 3. The molecule has 4 rings (SSSR count). The van der Waals surface area contributed by atoms with Crippen molar-refractivity contribution >= 4 is 27.3 Å². The molecule has 0 aliphatic carbocycles. The second-order valence-electron chi connectivity index (χ2n) is 6.74. The van der Waals surface area contributed by atoms with Crippen molar-refractivity contribution in [1.82, 2.24) is 13.8 Å². The zero-order valence-corrected chi connectivity index (χ0v) is 15.6. The van der Waals surface area contributed by atoms with Crippen LogP contribution in [0.2, 0.25) is 0 Å². The summed E-state index contributed by atoms with van der Waals surface area (Å²) in [5, 5.41) is 0.736. The van der Waals surface area contributed by atoms with Gasteiger partial charge in [-0.2, -0.15) is 0 Å². The average molecular weight is 369 g/mol. The monoisotopic (exact) mass is 369 g/mol. The van der Waals surface area contributed by atoms with E-state index in [1.165, 1.54) is 29.2 Å². The molecule has 0 saturated carbocycles. The van der Waals surface area contributed by atoms with Crippen LogP contribution in [0.25, 0.3) is 15.8 Å². The Balaban J connectivity index is 1.53. The van der Waals surface area contributed by atoms with Crippen LogP contribution in [0.3, 0.4) is 0 Å². The number of benzene rings is 1. The Bertz CT molecular complexity index is 1050. The van der Waals surface area contributed by atoms with Crippen LogP contribution in [-0.4, -0.2) is 26.9 Å². The highest BCUT2D eigenvalue weighted by Gasteiger charge is 2.17. The summed E-state index contributed by atoms with van der Waals surface area (Å²) in [7, 11) is 0. The van der Waals surface area contributed by atoms with E-state index in [4.69, 9.17) is 0 Å². The summed E-state index contributed by atoms with van der Waals surface area (Å²) >= 11 is 1.43. The van der Waals surface area contributed by atoms with Crippen molar-refractivity contribution in [3.05, 3.63) is 69.4 Å². The maximum absolute atomic E-state index is 13.1. The SMILES string of the molecule is Cc1cc(C)c2c(=O)n(CN3CC=C(c4ccc(F)cc4)CC3)sc2n1. The summed E-state index contributed by atoms with van der Waals surface area (Å²) in [6.07, 6.45) is 3.06. The van der Waals surface area contributed by atoms with Gasteiger partial charge in [0.1, 0.15) is 10.6 Å². The number of pyridine rings is 1. The number of nitrogens with zero attached hydrogens (tertiary/aromatic N) is 3. The minimum atomic E-state index is -0.213. The molecule has 0 N–H and O–H groups in total. The standard InChI is InChI=1S/C20H20FN3OS/c1-13-11-14(2)22-19-18(13)20(25)24(26-19)12-23-9-7-16(8-10-23)15-3-5-17(21)6-4-15/h3-7,11H,8-10,12H2,1-2H3. The third kappa shape index (κ3) is 3.22. The smallest absolute Gasteiger partial charge is 0.271 e. The van der Waals surface area contributed by atoms with Crippen molar-refractivity contribution in [3.8, 4) is 0 Å². The molecule has 26 heavy (non-hydrogen) atoms. The van der Waals surface area contributed by atoms with E-state index in [-0.39, 0.29) is 11.4 Å². The topological polar surface area (TPSA) is 38.1 Å². The van der Waals surface area contributed by atoms with Crippen LogP contribution in [0.15, 0.2) is 41.2 Å². The molecular weight excluding hydrogens is 349 g/mol. The van der Waals surface area contributed by atoms with Gasteiger partial charge in [0.2, 0.25) is 0 Å². The zero-order chi connectivity index (χ0) is 18.3. The van der Waals surface area contributed by atoms with E-state index in [2.05, 4.69) is 16.0 Å². The molecule has 6 heteroatoms. The van der Waals surface area contributed by atoms with Gasteiger partial charge in [-0.15, -0.1) is 0 Å². The highest BCUT2D eigenvalue weighted by molar-refractivity contribution is 7.13. The van der Waals surface area contributed by atoms with Gasteiger partial charge in [0, 0.05) is 18.8 Å². The summed E-state index contributed by atoms with van der Waals surface area (Å²) in [5.74, 6) is -0.213. The first-order valence-corrected chi connectivity index (χ1v) is 9.44. The van der Waals surface area contributed by atoms with Gasteiger partial charge < -0.3 is 0 Å². The summed E-state index contributed by atoms with van der Waals surface area (Å²) < 4.78 is 14.9. The summed E-state index contributed by atoms with van der Waals surface area (Å²) in [6.45, 7) is 6.14. The van der Waals surface area contributed by atoms with Gasteiger partial charge in [-0.1, -0.05) is 18.2 Å². The Morgan fingerprint density at radius 3 is 2.69 bits per heavy atom. The van der Waals surface area contributed by atoms with E-state index >= 15 is 0 Å². The van der Waals surface area contributed by atoms with E-state index in [0.717, 1.165) is 46.5 Å². The first kappa shape index (κ1) is 17.1. The third-order valence-electron chi connectivity index (χ3n) is 4.79. The molecule has 0 bridgehead atoms. The second kappa shape index (κ2) is 6.78. The van der Waals surface area contributed by atoms with Crippen LogP contribution >= 0.6 is 11.5 Å². The summed E-state index contributed by atoms with van der Waals surface area (Å²) in [4.78, 5) is 20.3. The minimum absolute atomic E-state index is 0.0447. The average Bonchev–Trinajstić information content (AvgIpc) is 2.92. The maximum atomic E-state index is 13.1. The van der Waals surface area contributed by atoms with Crippen LogP contribution in [-0.2, 0) is 6.67 Å². The number of hydrogen-bond acceptors (Lipinski definition) is 4. The number of aryl methyl sites for hydroxylation is 2. The van der Waals surface area contributed by atoms with E-state index in [1.54, 1.807) is 3.96 Å². The van der Waals surface area contributed by atoms with Gasteiger partial charge in [0.25, 0.3) is 5.56 Å². The fraction of sp³-hybridized carbons (Fsp3) is 0.300. The molecule has 0 atom stereocenters. The molecule has 134 valence electrons.